The van der Waals surface area contributed by atoms with Gasteiger partial charge in [-0.05, 0) is 0 Å². The lowest BCUT2D eigenvalue weighted by molar-refractivity contribution is 0.307. The molecule has 1 aromatic rings. The maximum absolute atomic E-state index is 4.87. The first-order valence-electron chi connectivity index (χ1n) is 2.41. The molecule has 0 saturated heterocycles. The van der Waals surface area contributed by atoms with Crippen LogP contribution in [0.5, 0.6) is 0 Å². The lowest BCUT2D eigenvalue weighted by Crippen LogP contribution is -1.62. The molecule has 0 bridgehead atoms. The Hall–Kier alpha value is -0.440. The lowest BCUT2D eigenvalue weighted by atomic mass is 11.0. The van der Waals surface area contributed by atoms with E-state index in [4.69, 9.17) is 8.83 Å². The molecular weight excluding hydrogens is 124 g/mol. The number of hydrogen-bond acceptors (Lipinski definition) is 2. The van der Waals surface area contributed by atoms with Crippen LogP contribution in [-0.2, 0) is 0 Å². The average molecular weight is 131 g/mol. The zero-order chi connectivity index (χ0) is 5.82. The minimum atomic E-state index is 0.632. The summed E-state index contributed by atoms with van der Waals surface area (Å²) in [6.45, 7) is 2.04. The topological polar surface area (TPSA) is 24.4 Å². The minimum Gasteiger partial charge on any atom is -0.270 e. The van der Waals surface area contributed by atoms with Crippen molar-refractivity contribution >= 4 is 11.8 Å². The van der Waals surface area contributed by atoms with Gasteiger partial charge in [0.25, 0.3) is 12.5 Å². The van der Waals surface area contributed by atoms with E-state index in [1.54, 1.807) is 11.8 Å². The molecule has 44 valence electrons. The normalized spacial score (nSPS) is 9.62. The van der Waals surface area contributed by atoms with Crippen molar-refractivity contribution in [2.75, 3.05) is 5.75 Å². The monoisotopic (exact) mass is 131 g/mol. The number of hydrogen-bond donors (Lipinski definition) is 0. The third kappa shape index (κ3) is 1.26. The van der Waals surface area contributed by atoms with Gasteiger partial charge in [-0.2, -0.15) is 0 Å². The Labute approximate surface area is 51.9 Å². The van der Waals surface area contributed by atoms with E-state index in [0.717, 1.165) is 5.75 Å². The molecule has 1 heterocycles. The van der Waals surface area contributed by atoms with Gasteiger partial charge in [-0.3, -0.25) is 8.83 Å². The average Bonchev–Trinajstić information content (AvgIpc) is 2.19. The van der Waals surface area contributed by atoms with Gasteiger partial charge in [0.1, 0.15) is 0 Å². The molecule has 0 aromatic carbocycles. The van der Waals surface area contributed by atoms with Crippen molar-refractivity contribution < 1.29 is 8.83 Å². The maximum Gasteiger partial charge on any atom is 0.564 e. The van der Waals surface area contributed by atoms with Gasteiger partial charge < -0.3 is 0 Å². The first kappa shape index (κ1) is 5.69. The van der Waals surface area contributed by atoms with Crippen LogP contribution in [0.15, 0.2) is 26.6 Å². The highest BCUT2D eigenvalue weighted by Crippen LogP contribution is 2.16. The van der Waals surface area contributed by atoms with Gasteiger partial charge in [-0.1, -0.05) is 6.92 Å². The van der Waals surface area contributed by atoms with Gasteiger partial charge in [0, 0.05) is 17.5 Å². The quantitative estimate of drug-likeness (QED) is 0.454. The summed E-state index contributed by atoms with van der Waals surface area (Å²) in [6.07, 6.45) is 3.05. The van der Waals surface area contributed by atoms with Gasteiger partial charge in [0.05, 0.1) is 0 Å². The molecule has 0 aliphatic rings. The van der Waals surface area contributed by atoms with E-state index < -0.39 is 0 Å². The summed E-state index contributed by atoms with van der Waals surface area (Å²) >= 11 is 1.55. The van der Waals surface area contributed by atoms with Crippen molar-refractivity contribution in [1.29, 1.82) is 0 Å². The van der Waals surface area contributed by atoms with Crippen LogP contribution in [0.2, 0.25) is 0 Å². The van der Waals surface area contributed by atoms with Crippen molar-refractivity contribution in [2.45, 2.75) is 12.2 Å². The molecular formula is C5H7O2S+. The fourth-order valence-corrected chi connectivity index (χ4v) is 0.863. The van der Waals surface area contributed by atoms with Crippen LogP contribution in [0.25, 0.3) is 0 Å². The Bertz CT molecular complexity index is 136. The third-order valence-electron chi connectivity index (χ3n) is 0.646. The second-order valence-corrected chi connectivity index (χ2v) is 2.39. The molecule has 0 N–H and O–H groups in total. The standard InChI is InChI=1S/C5H7O2S/c1-2-8-5-6-3-4-7-5/h3-4H,2H2,1H3/q+1. The Morgan fingerprint density at radius 1 is 1.88 bits per heavy atom. The van der Waals surface area contributed by atoms with E-state index in [0.29, 0.717) is 5.29 Å². The fourth-order valence-electron chi connectivity index (χ4n) is 0.380. The molecule has 1 aromatic heterocycles. The molecule has 0 spiro atoms. The zero-order valence-corrected chi connectivity index (χ0v) is 5.40. The second-order valence-electron chi connectivity index (χ2n) is 1.19. The van der Waals surface area contributed by atoms with Crippen LogP contribution in [-0.4, -0.2) is 5.75 Å². The van der Waals surface area contributed by atoms with E-state index in [9.17, 15) is 0 Å². The van der Waals surface area contributed by atoms with Crippen molar-refractivity contribution in [2.24, 2.45) is 0 Å². The van der Waals surface area contributed by atoms with Crippen LogP contribution >= 0.6 is 11.8 Å². The Morgan fingerprint density at radius 2 is 2.75 bits per heavy atom. The van der Waals surface area contributed by atoms with E-state index in [-0.39, 0.29) is 0 Å². The molecule has 3 heteroatoms. The Balaban J connectivity index is 2.50. The lowest BCUT2D eigenvalue weighted by Gasteiger charge is -1.72. The smallest absolute Gasteiger partial charge is 0.270 e. The molecule has 0 amide bonds. The van der Waals surface area contributed by atoms with Crippen LogP contribution in [0.3, 0.4) is 0 Å². The highest BCUT2D eigenvalue weighted by molar-refractivity contribution is 7.98. The Morgan fingerprint density at radius 3 is 3.25 bits per heavy atom. The van der Waals surface area contributed by atoms with Crippen molar-refractivity contribution in [3.05, 3.63) is 12.5 Å². The summed E-state index contributed by atoms with van der Waals surface area (Å²) < 4.78 is 9.74. The summed E-state index contributed by atoms with van der Waals surface area (Å²) in [4.78, 5) is 0. The van der Waals surface area contributed by atoms with Crippen LogP contribution in [0, 0.1) is 0 Å². The van der Waals surface area contributed by atoms with E-state index in [2.05, 4.69) is 0 Å². The molecule has 0 atom stereocenters. The van der Waals surface area contributed by atoms with E-state index in [1.807, 2.05) is 6.92 Å². The van der Waals surface area contributed by atoms with E-state index >= 15 is 0 Å². The SMILES string of the molecule is CCSc1occ[o+]1. The summed E-state index contributed by atoms with van der Waals surface area (Å²) in [5, 5.41) is 0.632. The predicted molar refractivity (Wildman–Crippen MR) is 31.8 cm³/mol. The molecule has 0 aliphatic carbocycles. The highest BCUT2D eigenvalue weighted by atomic mass is 32.2. The zero-order valence-electron chi connectivity index (χ0n) is 4.59. The summed E-state index contributed by atoms with van der Waals surface area (Å²) in [6, 6.07) is 0. The molecule has 8 heavy (non-hydrogen) atoms. The molecule has 0 saturated carbocycles. The first-order valence-corrected chi connectivity index (χ1v) is 3.40. The summed E-state index contributed by atoms with van der Waals surface area (Å²) in [5.41, 5.74) is 0. The highest BCUT2D eigenvalue weighted by Gasteiger charge is 2.08. The van der Waals surface area contributed by atoms with E-state index in [1.165, 1.54) is 12.5 Å². The minimum absolute atomic E-state index is 0.632. The first-order chi connectivity index (χ1) is 3.93. The molecule has 0 fully saturated rings. The maximum atomic E-state index is 4.87. The number of rotatable bonds is 2. The fraction of sp³-hybridized carbons (Fsp3) is 0.400. The van der Waals surface area contributed by atoms with Crippen LogP contribution in [0.4, 0.5) is 0 Å². The van der Waals surface area contributed by atoms with Crippen molar-refractivity contribution in [1.82, 2.24) is 0 Å². The van der Waals surface area contributed by atoms with Gasteiger partial charge in [-0.25, -0.2) is 0 Å². The summed E-state index contributed by atoms with van der Waals surface area (Å²) in [7, 11) is 0. The van der Waals surface area contributed by atoms with Crippen LogP contribution in [0.1, 0.15) is 6.92 Å². The molecule has 2 nitrogen and oxygen atoms in total. The second kappa shape index (κ2) is 2.77. The number of thioether (sulfide) groups is 1. The predicted octanol–water partition coefficient (Wildman–Crippen LogP) is 2.27. The Kier molecular flexibility index (Phi) is 1.97. The molecule has 0 radical (unpaired) electrons. The van der Waals surface area contributed by atoms with Gasteiger partial charge in [0.2, 0.25) is 0 Å². The van der Waals surface area contributed by atoms with Gasteiger partial charge in [-0.15, -0.1) is 0 Å². The van der Waals surface area contributed by atoms with Gasteiger partial charge in [0.15, 0.2) is 0 Å². The van der Waals surface area contributed by atoms with Gasteiger partial charge >= 0.3 is 5.29 Å². The largest absolute Gasteiger partial charge is 0.564 e. The van der Waals surface area contributed by atoms with Crippen molar-refractivity contribution in [3.8, 4) is 0 Å². The molecule has 0 aliphatic heterocycles. The molecule has 1 rings (SSSR count). The molecule has 0 unspecified atom stereocenters. The van der Waals surface area contributed by atoms with Crippen molar-refractivity contribution in [3.63, 3.8) is 0 Å². The van der Waals surface area contributed by atoms with Crippen LogP contribution < -0.4 is 0 Å². The summed E-state index contributed by atoms with van der Waals surface area (Å²) in [5.74, 6) is 0.983. The third-order valence-corrected chi connectivity index (χ3v) is 1.36.